The maximum Gasteiger partial charge on any atom is 0.145 e. The third-order valence-corrected chi connectivity index (χ3v) is 4.07. The first kappa shape index (κ1) is 15.4. The van der Waals surface area contributed by atoms with E-state index in [4.69, 9.17) is 11.6 Å². The van der Waals surface area contributed by atoms with E-state index in [0.717, 1.165) is 24.1 Å². The van der Waals surface area contributed by atoms with Crippen LogP contribution in [0.4, 0.5) is 0 Å². The Kier molecular flexibility index (Phi) is 6.03. The molecular weight excluding hydrogens is 266 g/mol. The molecular formula is C14H20ClNOS. The summed E-state index contributed by atoms with van der Waals surface area (Å²) in [6, 6.07) is 9.88. The largest absolute Gasteiger partial charge is 0.234 e. The van der Waals surface area contributed by atoms with Crippen LogP contribution in [0, 0.1) is 0 Å². The van der Waals surface area contributed by atoms with Gasteiger partial charge in [-0.05, 0) is 39.2 Å². The van der Waals surface area contributed by atoms with E-state index < -0.39 is 11.0 Å². The Balaban J connectivity index is 2.99. The van der Waals surface area contributed by atoms with E-state index in [1.807, 2.05) is 51.1 Å². The Hall–Kier alpha value is -0.670. The minimum atomic E-state index is -1.23. The molecule has 0 aromatic heterocycles. The monoisotopic (exact) mass is 285 g/mol. The van der Waals surface area contributed by atoms with E-state index in [0.29, 0.717) is 5.88 Å². The number of hydrogen-bond acceptors (Lipinski definition) is 1. The minimum absolute atomic E-state index is 0.332. The summed E-state index contributed by atoms with van der Waals surface area (Å²) in [5.41, 5.74) is 1.91. The number of rotatable bonds is 5. The molecule has 0 saturated heterocycles. The molecule has 0 aliphatic rings. The standard InChI is InChI=1S/C14H20ClNOS/c1-14(2,3)18(17)16-13(10-7-11-15)12-8-5-4-6-9-12/h4-6,8-9H,7,10-11H2,1-3H3/b16-13-. The molecule has 0 heterocycles. The average Bonchev–Trinajstić information content (AvgIpc) is 2.34. The van der Waals surface area contributed by atoms with Gasteiger partial charge in [0.25, 0.3) is 0 Å². The van der Waals surface area contributed by atoms with Crippen LogP contribution in [0.25, 0.3) is 0 Å². The number of alkyl halides is 1. The van der Waals surface area contributed by atoms with Crippen molar-refractivity contribution in [3.05, 3.63) is 35.9 Å². The molecule has 0 aliphatic heterocycles. The first-order chi connectivity index (χ1) is 8.45. The van der Waals surface area contributed by atoms with Gasteiger partial charge < -0.3 is 0 Å². The van der Waals surface area contributed by atoms with E-state index in [1.165, 1.54) is 0 Å². The van der Waals surface area contributed by atoms with Crippen LogP contribution >= 0.6 is 11.6 Å². The number of nitrogens with zero attached hydrogens (tertiary/aromatic N) is 1. The fourth-order valence-corrected chi connectivity index (χ4v) is 2.15. The lowest BCUT2D eigenvalue weighted by atomic mass is 10.1. The van der Waals surface area contributed by atoms with Crippen molar-refractivity contribution in [3.63, 3.8) is 0 Å². The molecule has 1 atom stereocenters. The van der Waals surface area contributed by atoms with E-state index in [2.05, 4.69) is 4.40 Å². The van der Waals surface area contributed by atoms with Gasteiger partial charge in [-0.25, -0.2) is 4.21 Å². The lowest BCUT2D eigenvalue weighted by molar-refractivity contribution is 0.650. The second-order valence-electron chi connectivity index (χ2n) is 5.06. The summed E-state index contributed by atoms with van der Waals surface area (Å²) in [6.45, 7) is 5.78. The molecule has 18 heavy (non-hydrogen) atoms. The molecule has 1 aromatic rings. The van der Waals surface area contributed by atoms with E-state index in [-0.39, 0.29) is 4.75 Å². The van der Waals surface area contributed by atoms with Gasteiger partial charge in [-0.3, -0.25) is 0 Å². The molecule has 0 fully saturated rings. The van der Waals surface area contributed by atoms with Crippen LogP contribution in [0.5, 0.6) is 0 Å². The van der Waals surface area contributed by atoms with Crippen molar-refractivity contribution in [2.45, 2.75) is 38.4 Å². The fraction of sp³-hybridized carbons (Fsp3) is 0.500. The van der Waals surface area contributed by atoms with Crippen LogP contribution in [0.3, 0.4) is 0 Å². The predicted molar refractivity (Wildman–Crippen MR) is 80.8 cm³/mol. The van der Waals surface area contributed by atoms with Gasteiger partial charge in [0.15, 0.2) is 0 Å². The summed E-state index contributed by atoms with van der Waals surface area (Å²) in [4.78, 5) is 0. The van der Waals surface area contributed by atoms with Gasteiger partial charge in [0.05, 0.1) is 10.5 Å². The Morgan fingerprint density at radius 3 is 2.39 bits per heavy atom. The van der Waals surface area contributed by atoms with Crippen molar-refractivity contribution < 1.29 is 4.21 Å². The summed E-state index contributed by atoms with van der Waals surface area (Å²) in [5, 5.41) is 0. The van der Waals surface area contributed by atoms with E-state index >= 15 is 0 Å². The van der Waals surface area contributed by atoms with Gasteiger partial charge in [0.2, 0.25) is 0 Å². The Labute approximate surface area is 117 Å². The molecule has 1 rings (SSSR count). The highest BCUT2D eigenvalue weighted by Crippen LogP contribution is 2.16. The zero-order valence-corrected chi connectivity index (χ0v) is 12.7. The van der Waals surface area contributed by atoms with Crippen molar-refractivity contribution in [2.24, 2.45) is 4.40 Å². The molecule has 1 unspecified atom stereocenters. The van der Waals surface area contributed by atoms with Gasteiger partial charge in [0.1, 0.15) is 11.0 Å². The average molecular weight is 286 g/mol. The molecule has 0 N–H and O–H groups in total. The fourth-order valence-electron chi connectivity index (χ4n) is 1.34. The van der Waals surface area contributed by atoms with Crippen molar-refractivity contribution >= 4 is 28.3 Å². The normalized spacial score (nSPS) is 14.6. The molecule has 0 spiro atoms. The molecule has 0 saturated carbocycles. The molecule has 0 radical (unpaired) electrons. The van der Waals surface area contributed by atoms with Gasteiger partial charge in [-0.2, -0.15) is 4.40 Å². The Bertz CT molecular complexity index is 423. The van der Waals surface area contributed by atoms with E-state index in [1.54, 1.807) is 0 Å². The molecule has 0 aliphatic carbocycles. The third-order valence-electron chi connectivity index (χ3n) is 2.37. The summed E-state index contributed by atoms with van der Waals surface area (Å²) < 4.78 is 16.2. The summed E-state index contributed by atoms with van der Waals surface area (Å²) in [5.74, 6) is 0.591. The second kappa shape index (κ2) is 7.05. The first-order valence-corrected chi connectivity index (χ1v) is 7.70. The van der Waals surface area contributed by atoms with Gasteiger partial charge >= 0.3 is 0 Å². The maximum absolute atomic E-state index is 12.1. The smallest absolute Gasteiger partial charge is 0.145 e. The van der Waals surface area contributed by atoms with E-state index in [9.17, 15) is 4.21 Å². The van der Waals surface area contributed by atoms with Crippen LogP contribution in [0.1, 0.15) is 39.2 Å². The minimum Gasteiger partial charge on any atom is -0.234 e. The third kappa shape index (κ3) is 4.91. The zero-order chi connectivity index (χ0) is 13.6. The highest BCUT2D eigenvalue weighted by molar-refractivity contribution is 7.85. The summed E-state index contributed by atoms with van der Waals surface area (Å²) in [7, 11) is -1.23. The Morgan fingerprint density at radius 2 is 1.89 bits per heavy atom. The molecule has 0 bridgehead atoms. The van der Waals surface area contributed by atoms with Crippen molar-refractivity contribution in [2.75, 3.05) is 5.88 Å². The maximum atomic E-state index is 12.1. The van der Waals surface area contributed by atoms with Crippen molar-refractivity contribution in [1.29, 1.82) is 0 Å². The molecule has 1 aromatic carbocycles. The molecule has 4 heteroatoms. The molecule has 100 valence electrons. The van der Waals surface area contributed by atoms with Crippen LogP contribution in [0.15, 0.2) is 34.7 Å². The number of halogens is 1. The molecule has 0 amide bonds. The second-order valence-corrected chi connectivity index (χ2v) is 7.34. The SMILES string of the molecule is CC(C)(C)S(=O)/N=C(/CCCCl)c1ccccc1. The van der Waals surface area contributed by atoms with Crippen molar-refractivity contribution in [3.8, 4) is 0 Å². The predicted octanol–water partition coefficient (Wildman–Crippen LogP) is 3.96. The van der Waals surface area contributed by atoms with Crippen molar-refractivity contribution in [1.82, 2.24) is 0 Å². The first-order valence-electron chi connectivity index (χ1n) is 6.06. The highest BCUT2D eigenvalue weighted by atomic mass is 35.5. The lowest BCUT2D eigenvalue weighted by Crippen LogP contribution is -2.21. The lowest BCUT2D eigenvalue weighted by Gasteiger charge is -2.15. The Morgan fingerprint density at radius 1 is 1.28 bits per heavy atom. The summed E-state index contributed by atoms with van der Waals surface area (Å²) in [6.07, 6.45) is 1.60. The molecule has 2 nitrogen and oxygen atoms in total. The van der Waals surface area contributed by atoms with Crippen LogP contribution in [0.2, 0.25) is 0 Å². The van der Waals surface area contributed by atoms with Gasteiger partial charge in [0, 0.05) is 5.88 Å². The quantitative estimate of drug-likeness (QED) is 0.595. The summed E-state index contributed by atoms with van der Waals surface area (Å²) >= 11 is 5.73. The van der Waals surface area contributed by atoms with Crippen LogP contribution in [-0.4, -0.2) is 20.5 Å². The van der Waals surface area contributed by atoms with Crippen LogP contribution < -0.4 is 0 Å². The zero-order valence-electron chi connectivity index (χ0n) is 11.1. The van der Waals surface area contributed by atoms with Gasteiger partial charge in [-0.15, -0.1) is 11.6 Å². The highest BCUT2D eigenvalue weighted by Gasteiger charge is 2.20. The number of hydrogen-bond donors (Lipinski definition) is 0. The number of benzene rings is 1. The van der Waals surface area contributed by atoms with Gasteiger partial charge in [-0.1, -0.05) is 30.3 Å². The topological polar surface area (TPSA) is 29.4 Å². The van der Waals surface area contributed by atoms with Crippen LogP contribution in [-0.2, 0) is 11.0 Å².